The zero-order valence-electron chi connectivity index (χ0n) is 12.2. The van der Waals surface area contributed by atoms with E-state index in [1.165, 1.54) is 16.8 Å². The maximum absolute atomic E-state index is 8.49. The van der Waals surface area contributed by atoms with E-state index in [0.717, 1.165) is 0 Å². The molecule has 2 aromatic rings. The third-order valence-electron chi connectivity index (χ3n) is 2.62. The van der Waals surface area contributed by atoms with Crippen molar-refractivity contribution in [2.75, 3.05) is 19.0 Å². The van der Waals surface area contributed by atoms with Crippen LogP contribution in [-0.2, 0) is 0 Å². The number of nitrogens with zero attached hydrogens (tertiary/aromatic N) is 1. The van der Waals surface area contributed by atoms with Gasteiger partial charge in [-0.1, -0.05) is 24.3 Å². The van der Waals surface area contributed by atoms with Crippen LogP contribution in [0.4, 0.5) is 5.69 Å². The fourth-order valence-electron chi connectivity index (χ4n) is 1.59. The number of rotatable bonds is 3. The average Bonchev–Trinajstić information content (AvgIpc) is 2.45. The first-order valence-corrected chi connectivity index (χ1v) is 7.52. The molecule has 0 aliphatic carbocycles. The lowest BCUT2D eigenvalue weighted by atomic mass is 10.1. The molecule has 0 aliphatic rings. The first kappa shape index (κ1) is 18.1. The predicted octanol–water partition coefficient (Wildman–Crippen LogP) is -2.02. The summed E-state index contributed by atoms with van der Waals surface area (Å²) in [6, 6.07) is 12.6. The van der Waals surface area contributed by atoms with Crippen LogP contribution in [0.5, 0.6) is 0 Å². The molecule has 0 aliphatic heterocycles. The molecule has 0 bridgehead atoms. The van der Waals surface area contributed by atoms with Crippen LogP contribution in [-0.4, -0.2) is 14.1 Å². The molecule has 0 saturated heterocycles. The van der Waals surface area contributed by atoms with E-state index in [4.69, 9.17) is 18.6 Å². The zero-order chi connectivity index (χ0) is 16.6. The number of H-pyrrole nitrogens is 1. The Balaban J connectivity index is 0.000000422. The third-order valence-corrected chi connectivity index (χ3v) is 2.62. The molecule has 0 saturated carbocycles. The molecule has 6 nitrogen and oxygen atoms in total. The Hall–Kier alpha value is -1.96. The minimum atomic E-state index is -4.94. The maximum atomic E-state index is 8.49. The Morgan fingerprint density at radius 2 is 1.23 bits per heavy atom. The number of halogens is 1. The van der Waals surface area contributed by atoms with Gasteiger partial charge in [0.05, 0.1) is 0 Å². The van der Waals surface area contributed by atoms with Gasteiger partial charge in [0.1, 0.15) is 0 Å². The second-order valence-corrected chi connectivity index (χ2v) is 5.29. The number of anilines is 1. The van der Waals surface area contributed by atoms with E-state index in [1.807, 2.05) is 38.6 Å². The molecule has 0 spiro atoms. The summed E-state index contributed by atoms with van der Waals surface area (Å²) in [5.74, 6) is 0. The van der Waals surface area contributed by atoms with Crippen LogP contribution in [0, 0.1) is 10.2 Å². The Morgan fingerprint density at radius 1 is 0.818 bits per heavy atom. The SMILES string of the molecule is CN(C)c1ccc(/C=C/c2cc[nH+]cc2)cc1.[O-][Cl+3]([O-])([O-])[O-]. The van der Waals surface area contributed by atoms with Gasteiger partial charge in [-0.2, -0.15) is 0 Å². The number of pyridine rings is 1. The summed E-state index contributed by atoms with van der Waals surface area (Å²) in [6.45, 7) is 0. The molecular formula is C15H17ClN2O4. The molecule has 22 heavy (non-hydrogen) atoms. The Kier molecular flexibility index (Phi) is 6.97. The largest absolute Gasteiger partial charge is 0.378 e. The van der Waals surface area contributed by atoms with Crippen molar-refractivity contribution in [3.8, 4) is 0 Å². The number of hydrogen-bond donors (Lipinski definition) is 0. The average molecular weight is 325 g/mol. The number of hydrogen-bond acceptors (Lipinski definition) is 5. The summed E-state index contributed by atoms with van der Waals surface area (Å²) < 4.78 is 34.0. The zero-order valence-corrected chi connectivity index (χ0v) is 13.0. The number of aromatic nitrogens is 1. The normalized spacial score (nSPS) is 11.0. The number of nitrogens with one attached hydrogen (secondary N) is 1. The van der Waals surface area contributed by atoms with E-state index >= 15 is 0 Å². The van der Waals surface area contributed by atoms with Crippen LogP contribution in [0.3, 0.4) is 0 Å². The summed E-state index contributed by atoms with van der Waals surface area (Å²) in [7, 11) is -0.851. The predicted molar refractivity (Wildman–Crippen MR) is 72.7 cm³/mol. The van der Waals surface area contributed by atoms with Crippen molar-refractivity contribution in [2.45, 2.75) is 0 Å². The second kappa shape index (κ2) is 8.47. The monoisotopic (exact) mass is 324 g/mol. The molecule has 2 rings (SSSR count). The lowest BCUT2D eigenvalue weighted by molar-refractivity contribution is -2.00. The van der Waals surface area contributed by atoms with Gasteiger partial charge in [0, 0.05) is 31.9 Å². The Labute approximate surface area is 131 Å². The van der Waals surface area contributed by atoms with Crippen molar-refractivity contribution in [3.05, 3.63) is 59.9 Å². The number of aromatic amines is 1. The minimum absolute atomic E-state index is 1.19. The molecule has 0 fully saturated rings. The number of benzene rings is 1. The van der Waals surface area contributed by atoms with Crippen LogP contribution >= 0.6 is 0 Å². The Bertz CT molecular complexity index is 575. The summed E-state index contributed by atoms with van der Waals surface area (Å²) in [6.07, 6.45) is 8.08. The van der Waals surface area contributed by atoms with E-state index in [0.29, 0.717) is 0 Å². The second-order valence-electron chi connectivity index (χ2n) is 4.53. The van der Waals surface area contributed by atoms with Crippen molar-refractivity contribution in [1.82, 2.24) is 0 Å². The molecule has 0 unspecified atom stereocenters. The van der Waals surface area contributed by atoms with Gasteiger partial charge in [-0.25, -0.2) is 23.6 Å². The quantitative estimate of drug-likeness (QED) is 0.647. The molecule has 1 aromatic carbocycles. The molecular weight excluding hydrogens is 308 g/mol. The summed E-state index contributed by atoms with van der Waals surface area (Å²) in [5, 5.41) is 0. The van der Waals surface area contributed by atoms with Gasteiger partial charge < -0.3 is 4.90 Å². The summed E-state index contributed by atoms with van der Waals surface area (Å²) in [4.78, 5) is 5.11. The van der Waals surface area contributed by atoms with Crippen LogP contribution in [0.1, 0.15) is 11.1 Å². The van der Waals surface area contributed by atoms with Gasteiger partial charge in [-0.3, -0.25) is 0 Å². The molecule has 0 atom stereocenters. The van der Waals surface area contributed by atoms with Crippen molar-refractivity contribution in [3.63, 3.8) is 0 Å². The van der Waals surface area contributed by atoms with Crippen LogP contribution in [0.15, 0.2) is 48.8 Å². The van der Waals surface area contributed by atoms with Gasteiger partial charge in [0.2, 0.25) is 0 Å². The molecule has 1 aromatic heterocycles. The molecule has 118 valence electrons. The van der Waals surface area contributed by atoms with E-state index in [-0.39, 0.29) is 0 Å². The van der Waals surface area contributed by atoms with E-state index in [9.17, 15) is 0 Å². The molecule has 0 radical (unpaired) electrons. The van der Waals surface area contributed by atoms with Crippen molar-refractivity contribution < 1.29 is 33.9 Å². The third kappa shape index (κ3) is 8.35. The first-order valence-electron chi connectivity index (χ1n) is 6.29. The van der Waals surface area contributed by atoms with E-state index < -0.39 is 10.2 Å². The molecule has 1 heterocycles. The van der Waals surface area contributed by atoms with Gasteiger partial charge in [0.25, 0.3) is 0 Å². The highest BCUT2D eigenvalue weighted by Crippen LogP contribution is 2.14. The van der Waals surface area contributed by atoms with Crippen LogP contribution in [0.2, 0.25) is 0 Å². The highest BCUT2D eigenvalue weighted by molar-refractivity contribution is 5.70. The lowest BCUT2D eigenvalue weighted by Crippen LogP contribution is -2.68. The van der Waals surface area contributed by atoms with Crippen molar-refractivity contribution in [2.24, 2.45) is 0 Å². The van der Waals surface area contributed by atoms with E-state index in [2.05, 4.69) is 46.3 Å². The van der Waals surface area contributed by atoms with Gasteiger partial charge in [-0.05, 0) is 23.3 Å². The topological polar surface area (TPSA) is 110 Å². The van der Waals surface area contributed by atoms with Crippen LogP contribution in [0.25, 0.3) is 12.2 Å². The fourth-order valence-corrected chi connectivity index (χ4v) is 1.59. The van der Waals surface area contributed by atoms with Crippen molar-refractivity contribution >= 4 is 17.8 Å². The van der Waals surface area contributed by atoms with Gasteiger partial charge in [-0.15, -0.1) is 10.2 Å². The lowest BCUT2D eigenvalue weighted by Gasteiger charge is -2.17. The summed E-state index contributed by atoms with van der Waals surface area (Å²) in [5.41, 5.74) is 3.63. The summed E-state index contributed by atoms with van der Waals surface area (Å²) >= 11 is 0. The van der Waals surface area contributed by atoms with E-state index in [1.54, 1.807) is 0 Å². The van der Waals surface area contributed by atoms with Gasteiger partial charge >= 0.3 is 0 Å². The van der Waals surface area contributed by atoms with Crippen LogP contribution < -0.4 is 28.5 Å². The highest BCUT2D eigenvalue weighted by atomic mass is 35.7. The fraction of sp³-hybridized carbons (Fsp3) is 0.133. The standard InChI is InChI=1S/C15H16N2.ClHO4/c1-17(2)15-7-5-13(6-8-15)3-4-14-9-11-16-12-10-14;2-1(3,4)5/h3-12H,1-2H3;(H,2,3,4,5)/b4-3+;. The Morgan fingerprint density at radius 3 is 1.64 bits per heavy atom. The maximum Gasteiger partial charge on any atom is 0.167 e. The first-order chi connectivity index (χ1) is 10.3. The smallest absolute Gasteiger partial charge is 0.167 e. The molecule has 1 N–H and O–H groups in total. The van der Waals surface area contributed by atoms with Crippen molar-refractivity contribution in [1.29, 1.82) is 0 Å². The van der Waals surface area contributed by atoms with Gasteiger partial charge in [0.15, 0.2) is 12.4 Å². The highest BCUT2D eigenvalue weighted by Gasteiger charge is 1.93. The molecule has 0 amide bonds. The molecule has 7 heteroatoms. The minimum Gasteiger partial charge on any atom is -0.378 e.